The number of rotatable bonds is 2. The van der Waals surface area contributed by atoms with E-state index in [0.717, 1.165) is 19.5 Å². The van der Waals surface area contributed by atoms with Crippen LogP contribution in [0.4, 0.5) is 0 Å². The fraction of sp³-hybridized carbons (Fsp3) is 0.929. The van der Waals surface area contributed by atoms with Gasteiger partial charge in [-0.2, -0.15) is 0 Å². The highest BCUT2D eigenvalue weighted by molar-refractivity contribution is 5.82. The smallest absolute Gasteiger partial charge is 0.240 e. The van der Waals surface area contributed by atoms with Crippen molar-refractivity contribution in [2.24, 2.45) is 11.1 Å². The van der Waals surface area contributed by atoms with Crippen LogP contribution in [0.1, 0.15) is 40.0 Å². The normalized spacial score (nSPS) is 27.8. The van der Waals surface area contributed by atoms with E-state index in [9.17, 15) is 4.79 Å². The van der Waals surface area contributed by atoms with E-state index in [0.29, 0.717) is 6.04 Å². The van der Waals surface area contributed by atoms with Crippen molar-refractivity contribution in [2.75, 3.05) is 26.2 Å². The van der Waals surface area contributed by atoms with Gasteiger partial charge >= 0.3 is 0 Å². The molecule has 0 saturated carbocycles. The van der Waals surface area contributed by atoms with Gasteiger partial charge in [0.25, 0.3) is 0 Å². The van der Waals surface area contributed by atoms with Crippen molar-refractivity contribution in [1.29, 1.82) is 0 Å². The Hall–Kier alpha value is -0.610. The van der Waals surface area contributed by atoms with Crippen LogP contribution >= 0.6 is 0 Å². The van der Waals surface area contributed by atoms with E-state index in [1.54, 1.807) is 0 Å². The summed E-state index contributed by atoms with van der Waals surface area (Å²) in [4.78, 5) is 16.8. The zero-order valence-corrected chi connectivity index (χ0v) is 12.0. The molecule has 0 aliphatic carbocycles. The van der Waals surface area contributed by atoms with Gasteiger partial charge in [-0.3, -0.25) is 9.69 Å². The molecule has 0 aromatic carbocycles. The van der Waals surface area contributed by atoms with Gasteiger partial charge in [0.1, 0.15) is 0 Å². The van der Waals surface area contributed by atoms with E-state index < -0.39 is 0 Å². The molecule has 0 aromatic heterocycles. The number of carbonyl (C=O) groups excluding carboxylic acids is 1. The zero-order chi connectivity index (χ0) is 13.3. The molecule has 2 aliphatic rings. The van der Waals surface area contributed by atoms with E-state index in [1.807, 2.05) is 25.7 Å². The van der Waals surface area contributed by atoms with Gasteiger partial charge in [-0.1, -0.05) is 20.8 Å². The molecule has 104 valence electrons. The third-order valence-electron chi connectivity index (χ3n) is 4.33. The lowest BCUT2D eigenvalue weighted by molar-refractivity contribution is -0.134. The molecule has 2 atom stereocenters. The summed E-state index contributed by atoms with van der Waals surface area (Å²) in [6.07, 6.45) is 3.74. The van der Waals surface area contributed by atoms with Gasteiger partial charge in [-0.15, -0.1) is 0 Å². The van der Waals surface area contributed by atoms with Crippen LogP contribution in [0.25, 0.3) is 0 Å². The van der Waals surface area contributed by atoms with Crippen molar-refractivity contribution in [3.05, 3.63) is 0 Å². The summed E-state index contributed by atoms with van der Waals surface area (Å²) in [5.41, 5.74) is 5.92. The Labute approximate surface area is 110 Å². The quantitative estimate of drug-likeness (QED) is 0.800. The van der Waals surface area contributed by atoms with Crippen LogP contribution in [-0.2, 0) is 4.79 Å². The number of hydrogen-bond acceptors (Lipinski definition) is 3. The summed E-state index contributed by atoms with van der Waals surface area (Å²) in [6, 6.07) is 0.193. The summed E-state index contributed by atoms with van der Waals surface area (Å²) in [5.74, 6) is 0.129. The second kappa shape index (κ2) is 5.17. The van der Waals surface area contributed by atoms with Crippen LogP contribution < -0.4 is 5.73 Å². The summed E-state index contributed by atoms with van der Waals surface area (Å²) >= 11 is 0. The zero-order valence-electron chi connectivity index (χ0n) is 12.0. The second-order valence-corrected chi connectivity index (χ2v) is 6.81. The summed E-state index contributed by atoms with van der Waals surface area (Å²) in [7, 11) is 0. The average Bonchev–Trinajstić information content (AvgIpc) is 2.95. The number of nitrogens with two attached hydrogens (primary N) is 1. The lowest BCUT2D eigenvalue weighted by atomic mass is 9.86. The van der Waals surface area contributed by atoms with Gasteiger partial charge in [0, 0.05) is 19.1 Å². The monoisotopic (exact) mass is 253 g/mol. The van der Waals surface area contributed by atoms with Crippen LogP contribution in [-0.4, -0.2) is 54.0 Å². The lowest BCUT2D eigenvalue weighted by Gasteiger charge is -2.30. The summed E-state index contributed by atoms with van der Waals surface area (Å²) in [6.45, 7) is 10.3. The molecule has 2 aliphatic heterocycles. The van der Waals surface area contributed by atoms with E-state index >= 15 is 0 Å². The fourth-order valence-corrected chi connectivity index (χ4v) is 2.91. The molecule has 2 N–H and O–H groups in total. The minimum atomic E-state index is -0.380. The third kappa shape index (κ3) is 2.86. The molecule has 4 heteroatoms. The van der Waals surface area contributed by atoms with Gasteiger partial charge in [0.05, 0.1) is 6.04 Å². The molecular weight excluding hydrogens is 226 g/mol. The van der Waals surface area contributed by atoms with Crippen molar-refractivity contribution in [3.63, 3.8) is 0 Å². The van der Waals surface area contributed by atoms with Gasteiger partial charge in [-0.25, -0.2) is 0 Å². The predicted molar refractivity (Wildman–Crippen MR) is 73.2 cm³/mol. The molecule has 4 nitrogen and oxygen atoms in total. The number of hydrogen-bond donors (Lipinski definition) is 1. The van der Waals surface area contributed by atoms with Crippen LogP contribution in [0.5, 0.6) is 0 Å². The SMILES string of the molecule is CC(C)(C)[C@@H](N)C(=O)N1CCC(N2CCCC2)C1. The Kier molecular flexibility index (Phi) is 3.97. The molecule has 1 amide bonds. The molecule has 0 spiro atoms. The topological polar surface area (TPSA) is 49.6 Å². The van der Waals surface area contributed by atoms with Crippen molar-refractivity contribution in [3.8, 4) is 0 Å². The fourth-order valence-electron chi connectivity index (χ4n) is 2.91. The number of carbonyl (C=O) groups is 1. The maximum Gasteiger partial charge on any atom is 0.240 e. The van der Waals surface area contributed by atoms with Gasteiger partial charge in [0.2, 0.25) is 5.91 Å². The first-order valence-corrected chi connectivity index (χ1v) is 7.18. The molecule has 0 bridgehead atoms. The molecule has 2 saturated heterocycles. The van der Waals surface area contributed by atoms with Crippen LogP contribution in [0.3, 0.4) is 0 Å². The van der Waals surface area contributed by atoms with Crippen molar-refractivity contribution >= 4 is 5.91 Å². The van der Waals surface area contributed by atoms with E-state index in [2.05, 4.69) is 4.90 Å². The molecule has 2 heterocycles. The molecular formula is C14H27N3O. The van der Waals surface area contributed by atoms with Gasteiger partial charge < -0.3 is 10.6 Å². The maximum atomic E-state index is 12.3. The van der Waals surface area contributed by atoms with Crippen LogP contribution in [0, 0.1) is 5.41 Å². The standard InChI is InChI=1S/C14H27N3O/c1-14(2,3)12(15)13(18)17-9-6-11(10-17)16-7-4-5-8-16/h11-12H,4-10,15H2,1-3H3/t11?,12-/m0/s1. The minimum Gasteiger partial charge on any atom is -0.340 e. The maximum absolute atomic E-state index is 12.3. The molecule has 2 fully saturated rings. The molecule has 0 aromatic rings. The highest BCUT2D eigenvalue weighted by Gasteiger charge is 2.36. The van der Waals surface area contributed by atoms with E-state index in [1.165, 1.54) is 25.9 Å². The Balaban J connectivity index is 1.90. The Morgan fingerprint density at radius 1 is 1.22 bits per heavy atom. The number of nitrogens with zero attached hydrogens (tertiary/aromatic N) is 2. The summed E-state index contributed by atoms with van der Waals surface area (Å²) < 4.78 is 0. The Morgan fingerprint density at radius 2 is 1.83 bits per heavy atom. The van der Waals surface area contributed by atoms with Crippen LogP contribution in [0.15, 0.2) is 0 Å². The highest BCUT2D eigenvalue weighted by atomic mass is 16.2. The number of likely N-dealkylation sites (tertiary alicyclic amines) is 2. The molecule has 0 radical (unpaired) electrons. The van der Waals surface area contributed by atoms with Gasteiger partial charge in [0.15, 0.2) is 0 Å². The minimum absolute atomic E-state index is 0.129. The first kappa shape index (κ1) is 13.8. The van der Waals surface area contributed by atoms with Crippen molar-refractivity contribution in [2.45, 2.75) is 52.1 Å². The van der Waals surface area contributed by atoms with E-state index in [-0.39, 0.29) is 17.4 Å². The van der Waals surface area contributed by atoms with Crippen LogP contribution in [0.2, 0.25) is 0 Å². The largest absolute Gasteiger partial charge is 0.340 e. The van der Waals surface area contributed by atoms with E-state index in [4.69, 9.17) is 5.73 Å². The Morgan fingerprint density at radius 3 is 2.39 bits per heavy atom. The highest BCUT2D eigenvalue weighted by Crippen LogP contribution is 2.24. The molecule has 1 unspecified atom stereocenters. The first-order valence-electron chi connectivity index (χ1n) is 7.18. The average molecular weight is 253 g/mol. The molecule has 18 heavy (non-hydrogen) atoms. The predicted octanol–water partition coefficient (Wildman–Crippen LogP) is 1.06. The second-order valence-electron chi connectivity index (χ2n) is 6.81. The third-order valence-corrected chi connectivity index (χ3v) is 4.33. The van der Waals surface area contributed by atoms with Crippen molar-refractivity contribution < 1.29 is 4.79 Å². The Bertz CT molecular complexity index is 305. The summed E-state index contributed by atoms with van der Waals surface area (Å²) in [5, 5.41) is 0. The lowest BCUT2D eigenvalue weighted by Crippen LogP contribution is -2.50. The van der Waals surface area contributed by atoms with Gasteiger partial charge in [-0.05, 0) is 37.8 Å². The number of amides is 1. The molecule has 2 rings (SSSR count). The van der Waals surface area contributed by atoms with Crippen molar-refractivity contribution in [1.82, 2.24) is 9.80 Å². The first-order chi connectivity index (χ1) is 8.39.